The number of phenolic OH excluding ortho intramolecular Hbond substituents is 2. The van der Waals surface area contributed by atoms with E-state index in [-0.39, 0.29) is 58.1 Å². The summed E-state index contributed by atoms with van der Waals surface area (Å²) in [7, 11) is 2.86. The molecule has 7 rings (SSSR count). The lowest BCUT2D eigenvalue weighted by Gasteiger charge is -2.43. The molecule has 0 unspecified atom stereocenters. The average molecular weight is 741 g/mol. The highest BCUT2D eigenvalue weighted by molar-refractivity contribution is 6.42. The summed E-state index contributed by atoms with van der Waals surface area (Å²) in [6.45, 7) is 6.99. The van der Waals surface area contributed by atoms with Gasteiger partial charge in [-0.1, -0.05) is 12.1 Å². The lowest BCUT2D eigenvalue weighted by molar-refractivity contribution is -0.306. The van der Waals surface area contributed by atoms with E-state index in [4.69, 9.17) is 33.2 Å². The summed E-state index contributed by atoms with van der Waals surface area (Å²) in [4.78, 5) is 28.6. The number of benzene rings is 2. The third kappa shape index (κ3) is 6.62. The quantitative estimate of drug-likeness (QED) is 0.277. The van der Waals surface area contributed by atoms with Crippen LogP contribution in [0.4, 0.5) is 0 Å². The Morgan fingerprint density at radius 1 is 0.717 bits per heavy atom. The van der Waals surface area contributed by atoms with Gasteiger partial charge in [0.05, 0.1) is 48.3 Å². The Hall–Kier alpha value is -3.28. The number of rotatable bonds is 7. The number of aliphatic hydroxyl groups excluding tert-OH is 3. The zero-order valence-electron chi connectivity index (χ0n) is 30.6. The van der Waals surface area contributed by atoms with Crippen molar-refractivity contribution < 1.29 is 68.3 Å². The SMILES string of the molecule is CO[C@H]1C2=C(C(=O)c3ccc([C@H]4C[C@@H](O[C@H]5CC[C@H](O[C@H]6C[C@@H](O)[C@H](O)[C@@H](C)O6)[C@H](C)O5)[C@H](O)[C@@H](C)O4)c(O)c3C2=O)c2c(O)cc(C)cc2[C@@H]1OC. The molecule has 0 radical (unpaired) electrons. The van der Waals surface area contributed by atoms with Crippen molar-refractivity contribution in [2.75, 3.05) is 14.2 Å². The standard InChI is InChI=1S/C39H48O14/c1-15-11-21-29(22(40)12-15)31-32(39(48-6)38(21)47-5)37(46)30-20(36(31)45)8-7-19(35(30)44)25-14-26(34(43)18(4)49-25)53-27-10-9-24(16(2)50-27)52-28-13-23(41)33(42)17(3)51-28/h7-8,11-12,16-18,23-28,33-34,38-44H,9-10,13-14H2,1-6H3/t16-,17+,18+,23+,24-,25+,26+,27-,28-,33+,34+,38-,39-/m0/s1. The van der Waals surface area contributed by atoms with Crippen LogP contribution in [0.2, 0.25) is 0 Å². The summed E-state index contributed by atoms with van der Waals surface area (Å²) >= 11 is 0. The van der Waals surface area contributed by atoms with Crippen LogP contribution in [0.25, 0.3) is 5.57 Å². The number of aromatic hydroxyl groups is 2. The van der Waals surface area contributed by atoms with Gasteiger partial charge in [0.1, 0.15) is 35.9 Å². The molecule has 3 aliphatic heterocycles. The van der Waals surface area contributed by atoms with Gasteiger partial charge in [-0.2, -0.15) is 0 Å². The molecule has 14 heteroatoms. The van der Waals surface area contributed by atoms with Gasteiger partial charge in [-0.25, -0.2) is 0 Å². The maximum Gasteiger partial charge on any atom is 0.196 e. The number of ketones is 2. The summed E-state index contributed by atoms with van der Waals surface area (Å²) in [6, 6.07) is 6.31. The fourth-order valence-corrected chi connectivity index (χ4v) is 8.50. The van der Waals surface area contributed by atoms with Crippen LogP contribution in [0.3, 0.4) is 0 Å². The lowest BCUT2D eigenvalue weighted by Crippen LogP contribution is -2.51. The van der Waals surface area contributed by atoms with E-state index in [1.54, 1.807) is 26.8 Å². The molecular weight excluding hydrogens is 692 g/mol. The van der Waals surface area contributed by atoms with Gasteiger partial charge >= 0.3 is 0 Å². The van der Waals surface area contributed by atoms with Crippen LogP contribution in [0.15, 0.2) is 29.8 Å². The number of aliphatic hydroxyl groups is 3. The van der Waals surface area contributed by atoms with E-state index >= 15 is 0 Å². The minimum absolute atomic E-state index is 0.00740. The monoisotopic (exact) mass is 740 g/mol. The van der Waals surface area contributed by atoms with E-state index in [9.17, 15) is 35.1 Å². The van der Waals surface area contributed by atoms with Crippen molar-refractivity contribution >= 4 is 17.1 Å². The Morgan fingerprint density at radius 3 is 2.08 bits per heavy atom. The number of hydrogen-bond donors (Lipinski definition) is 5. The largest absolute Gasteiger partial charge is 0.507 e. The summed E-state index contributed by atoms with van der Waals surface area (Å²) in [5.74, 6) is -1.78. The number of ether oxygens (including phenoxy) is 7. The first kappa shape index (κ1) is 38.0. The lowest BCUT2D eigenvalue weighted by atomic mass is 9.71. The maximum absolute atomic E-state index is 14.4. The molecule has 3 saturated heterocycles. The first-order valence-electron chi connectivity index (χ1n) is 18.1. The molecule has 0 spiro atoms. The summed E-state index contributed by atoms with van der Waals surface area (Å²) in [5.41, 5.74) is 1.46. The minimum Gasteiger partial charge on any atom is -0.507 e. The molecule has 5 N–H and O–H groups in total. The fourth-order valence-electron chi connectivity index (χ4n) is 8.50. The minimum atomic E-state index is -1.04. The van der Waals surface area contributed by atoms with Gasteiger partial charge in [0.2, 0.25) is 0 Å². The molecule has 5 aliphatic rings. The second-order valence-corrected chi connectivity index (χ2v) is 14.8. The van der Waals surface area contributed by atoms with Crippen LogP contribution >= 0.6 is 0 Å². The van der Waals surface area contributed by atoms with Crippen molar-refractivity contribution in [1.82, 2.24) is 0 Å². The molecule has 13 atom stereocenters. The zero-order chi connectivity index (χ0) is 38.0. The number of phenols is 2. The Kier molecular flexibility index (Phi) is 10.6. The molecule has 0 aromatic heterocycles. The Labute approximate surface area is 307 Å². The van der Waals surface area contributed by atoms with Gasteiger partial charge in [-0.15, -0.1) is 0 Å². The Morgan fingerprint density at radius 2 is 1.40 bits per heavy atom. The number of carbonyl (C=O) groups is 2. The number of fused-ring (bicyclic) bond motifs is 3. The van der Waals surface area contributed by atoms with Crippen LogP contribution < -0.4 is 0 Å². The zero-order valence-corrected chi connectivity index (χ0v) is 30.6. The van der Waals surface area contributed by atoms with Gasteiger partial charge < -0.3 is 58.7 Å². The first-order chi connectivity index (χ1) is 25.2. The summed E-state index contributed by atoms with van der Waals surface area (Å²) in [5, 5.41) is 54.1. The van der Waals surface area contributed by atoms with Crippen LogP contribution in [0.1, 0.15) is 102 Å². The molecule has 2 aliphatic carbocycles. The molecule has 0 saturated carbocycles. The summed E-state index contributed by atoms with van der Waals surface area (Å²) in [6.07, 6.45) is -8.65. The van der Waals surface area contributed by atoms with Gasteiger partial charge in [0, 0.05) is 61.3 Å². The average Bonchev–Trinajstić information content (AvgIpc) is 3.11. The number of methoxy groups -OCH3 is 2. The van der Waals surface area contributed by atoms with Crippen molar-refractivity contribution in [2.24, 2.45) is 0 Å². The predicted molar refractivity (Wildman–Crippen MR) is 185 cm³/mol. The summed E-state index contributed by atoms with van der Waals surface area (Å²) < 4.78 is 42.0. The van der Waals surface area contributed by atoms with E-state index < -0.39 is 90.9 Å². The van der Waals surface area contributed by atoms with Crippen molar-refractivity contribution in [3.63, 3.8) is 0 Å². The molecule has 14 nitrogen and oxygen atoms in total. The van der Waals surface area contributed by atoms with Crippen molar-refractivity contribution in [3.05, 3.63) is 63.2 Å². The second-order valence-electron chi connectivity index (χ2n) is 14.8. The molecule has 288 valence electrons. The predicted octanol–water partition coefficient (Wildman–Crippen LogP) is 3.32. The van der Waals surface area contributed by atoms with E-state index in [1.807, 2.05) is 6.92 Å². The Bertz CT molecular complexity index is 1780. The maximum atomic E-state index is 14.4. The second kappa shape index (κ2) is 14.8. The normalized spacial score (nSPS) is 37.3. The molecule has 0 amide bonds. The number of hydrogen-bond acceptors (Lipinski definition) is 14. The Balaban J connectivity index is 1.11. The van der Waals surface area contributed by atoms with Gasteiger partial charge in [0.15, 0.2) is 24.1 Å². The smallest absolute Gasteiger partial charge is 0.196 e. The van der Waals surface area contributed by atoms with Gasteiger partial charge in [-0.3, -0.25) is 9.59 Å². The van der Waals surface area contributed by atoms with Crippen LogP contribution in [0, 0.1) is 6.92 Å². The molecule has 3 fully saturated rings. The number of allylic oxidation sites excluding steroid dienone is 1. The van der Waals surface area contributed by atoms with Crippen LogP contribution in [0.5, 0.6) is 11.5 Å². The molecule has 3 heterocycles. The van der Waals surface area contributed by atoms with E-state index in [1.165, 1.54) is 32.4 Å². The number of aryl methyl sites for hydroxylation is 1. The van der Waals surface area contributed by atoms with Crippen LogP contribution in [-0.2, 0) is 33.2 Å². The molecule has 53 heavy (non-hydrogen) atoms. The first-order valence-corrected chi connectivity index (χ1v) is 18.1. The van der Waals surface area contributed by atoms with E-state index in [0.29, 0.717) is 18.4 Å². The van der Waals surface area contributed by atoms with E-state index in [0.717, 1.165) is 5.56 Å². The van der Waals surface area contributed by atoms with Crippen molar-refractivity contribution in [3.8, 4) is 11.5 Å². The molecule has 0 bridgehead atoms. The molecule has 2 aromatic rings. The van der Waals surface area contributed by atoms with Gasteiger partial charge in [0.25, 0.3) is 0 Å². The molecule has 2 aromatic carbocycles. The third-order valence-corrected chi connectivity index (χ3v) is 11.3. The molecular formula is C39H48O14. The number of carbonyl (C=O) groups excluding carboxylic acids is 2. The van der Waals surface area contributed by atoms with Gasteiger partial charge in [-0.05, 0) is 57.4 Å². The number of Topliss-reactive ketones (excluding diaryl/α,β-unsaturated/α-hetero) is 2. The van der Waals surface area contributed by atoms with Crippen molar-refractivity contribution in [2.45, 2.75) is 133 Å². The highest BCUT2D eigenvalue weighted by atomic mass is 16.7. The van der Waals surface area contributed by atoms with Crippen LogP contribution in [-0.4, -0.2) is 119 Å². The highest BCUT2D eigenvalue weighted by Gasteiger charge is 2.49. The van der Waals surface area contributed by atoms with E-state index in [2.05, 4.69) is 0 Å². The fraction of sp³-hybridized carbons (Fsp3) is 0.590. The third-order valence-electron chi connectivity index (χ3n) is 11.3. The topological polar surface area (TPSA) is 200 Å². The highest BCUT2D eigenvalue weighted by Crippen LogP contribution is 2.51. The van der Waals surface area contributed by atoms with Crippen molar-refractivity contribution in [1.29, 1.82) is 0 Å².